The second-order valence-electron chi connectivity index (χ2n) is 7.92. The molecule has 1 atom stereocenters. The molecule has 0 bridgehead atoms. The molecule has 1 aliphatic rings. The number of benzene rings is 2. The van der Waals surface area contributed by atoms with Crippen molar-refractivity contribution in [2.75, 3.05) is 5.32 Å². The van der Waals surface area contributed by atoms with Crippen molar-refractivity contribution in [3.05, 3.63) is 87.2 Å². The van der Waals surface area contributed by atoms with Crippen LogP contribution in [0.2, 0.25) is 5.02 Å². The van der Waals surface area contributed by atoms with Crippen molar-refractivity contribution in [3.63, 3.8) is 0 Å². The number of anilines is 1. The second-order valence-corrected chi connectivity index (χ2v) is 9.11. The standard InChI is InChI=1S/C24H19BrClN5O2/c1-30-20-10-14(5-7-18(20)22(25)29-30)13-31-21(12-16-4-2-3-9-27-16)23(32)28-19-11-15(26)6-8-17(19)24(31)33/h2-11,21H,12-13H2,1H3,(H,28,32). The van der Waals surface area contributed by atoms with Gasteiger partial charge in [0.05, 0.1) is 16.8 Å². The average molecular weight is 525 g/mol. The van der Waals surface area contributed by atoms with Crippen LogP contribution in [-0.2, 0) is 24.8 Å². The van der Waals surface area contributed by atoms with Gasteiger partial charge >= 0.3 is 0 Å². The quantitative estimate of drug-likeness (QED) is 0.423. The number of rotatable bonds is 4. The van der Waals surface area contributed by atoms with Crippen molar-refractivity contribution < 1.29 is 9.59 Å². The molecular formula is C24H19BrClN5O2. The summed E-state index contributed by atoms with van der Waals surface area (Å²) in [6, 6.07) is 15.6. The summed E-state index contributed by atoms with van der Waals surface area (Å²) >= 11 is 9.60. The lowest BCUT2D eigenvalue weighted by molar-refractivity contribution is -0.120. The summed E-state index contributed by atoms with van der Waals surface area (Å²) in [5.41, 5.74) is 3.37. The lowest BCUT2D eigenvalue weighted by atomic mass is 10.1. The molecule has 1 aliphatic heterocycles. The number of amides is 2. The van der Waals surface area contributed by atoms with Crippen LogP contribution >= 0.6 is 27.5 Å². The normalized spacial score (nSPS) is 16.0. The van der Waals surface area contributed by atoms with E-state index in [-0.39, 0.29) is 18.4 Å². The zero-order valence-corrected chi connectivity index (χ0v) is 20.0. The van der Waals surface area contributed by atoms with Gasteiger partial charge in [0.1, 0.15) is 10.6 Å². The maximum Gasteiger partial charge on any atom is 0.256 e. The third kappa shape index (κ3) is 4.12. The van der Waals surface area contributed by atoms with E-state index in [2.05, 4.69) is 31.3 Å². The van der Waals surface area contributed by atoms with Crippen molar-refractivity contribution >= 4 is 55.9 Å². The van der Waals surface area contributed by atoms with E-state index in [1.165, 1.54) is 0 Å². The van der Waals surface area contributed by atoms with Crippen LogP contribution in [0.3, 0.4) is 0 Å². The molecule has 33 heavy (non-hydrogen) atoms. The Morgan fingerprint density at radius 1 is 1.12 bits per heavy atom. The lowest BCUT2D eigenvalue weighted by Gasteiger charge is -2.28. The molecule has 0 saturated carbocycles. The van der Waals surface area contributed by atoms with E-state index in [1.54, 1.807) is 34.0 Å². The van der Waals surface area contributed by atoms with E-state index in [9.17, 15) is 9.59 Å². The SMILES string of the molecule is Cn1nc(Br)c2ccc(CN3C(=O)c4ccc(Cl)cc4NC(=O)C3Cc3ccccn3)cc21. The highest BCUT2D eigenvalue weighted by molar-refractivity contribution is 9.10. The van der Waals surface area contributed by atoms with E-state index in [1.807, 2.05) is 43.4 Å². The van der Waals surface area contributed by atoms with E-state index >= 15 is 0 Å². The van der Waals surface area contributed by atoms with E-state index < -0.39 is 6.04 Å². The molecular weight excluding hydrogens is 506 g/mol. The first-order chi connectivity index (χ1) is 15.9. The molecule has 2 amide bonds. The van der Waals surface area contributed by atoms with Crippen LogP contribution in [0.5, 0.6) is 0 Å². The maximum atomic E-state index is 13.7. The highest BCUT2D eigenvalue weighted by atomic mass is 79.9. The first-order valence-electron chi connectivity index (χ1n) is 10.3. The fraction of sp³-hybridized carbons (Fsp3) is 0.167. The molecule has 9 heteroatoms. The van der Waals surface area contributed by atoms with Crippen LogP contribution in [0.15, 0.2) is 65.4 Å². The number of carbonyl (C=O) groups is 2. The summed E-state index contributed by atoms with van der Waals surface area (Å²) < 4.78 is 2.54. The summed E-state index contributed by atoms with van der Waals surface area (Å²) in [7, 11) is 1.87. The third-order valence-electron chi connectivity index (χ3n) is 5.76. The van der Waals surface area contributed by atoms with Crippen molar-refractivity contribution in [2.45, 2.75) is 19.0 Å². The van der Waals surface area contributed by atoms with Crippen molar-refractivity contribution in [1.29, 1.82) is 0 Å². The lowest BCUT2D eigenvalue weighted by Crippen LogP contribution is -2.46. The summed E-state index contributed by atoms with van der Waals surface area (Å²) in [4.78, 5) is 33.0. The fourth-order valence-corrected chi connectivity index (χ4v) is 4.86. The number of hydrogen-bond acceptors (Lipinski definition) is 4. The topological polar surface area (TPSA) is 80.1 Å². The van der Waals surface area contributed by atoms with Gasteiger partial charge in [-0.2, -0.15) is 5.10 Å². The van der Waals surface area contributed by atoms with Crippen LogP contribution in [0.4, 0.5) is 5.69 Å². The first kappa shape index (κ1) is 21.6. The molecule has 166 valence electrons. The number of carbonyl (C=O) groups excluding carboxylic acids is 2. The van der Waals surface area contributed by atoms with Gasteiger partial charge in [-0.05, 0) is 64.0 Å². The van der Waals surface area contributed by atoms with Crippen molar-refractivity contribution in [3.8, 4) is 0 Å². The van der Waals surface area contributed by atoms with Crippen molar-refractivity contribution in [1.82, 2.24) is 19.7 Å². The maximum absolute atomic E-state index is 13.7. The molecule has 2 aromatic carbocycles. The number of pyridine rings is 1. The summed E-state index contributed by atoms with van der Waals surface area (Å²) in [5.74, 6) is -0.522. The second kappa shape index (κ2) is 8.61. The van der Waals surface area contributed by atoms with E-state index in [0.29, 0.717) is 22.7 Å². The highest BCUT2D eigenvalue weighted by Gasteiger charge is 2.36. The smallest absolute Gasteiger partial charge is 0.256 e. The van der Waals surface area contributed by atoms with Gasteiger partial charge in [-0.15, -0.1) is 0 Å². The summed E-state index contributed by atoms with van der Waals surface area (Å²) in [6.45, 7) is 0.255. The number of aryl methyl sites for hydroxylation is 1. The minimum absolute atomic E-state index is 0.243. The Labute approximate surface area is 203 Å². The van der Waals surface area contributed by atoms with Crippen LogP contribution in [0.25, 0.3) is 10.9 Å². The van der Waals surface area contributed by atoms with Gasteiger partial charge in [-0.3, -0.25) is 19.3 Å². The predicted molar refractivity (Wildman–Crippen MR) is 130 cm³/mol. The minimum atomic E-state index is -0.743. The molecule has 0 spiro atoms. The number of hydrogen-bond donors (Lipinski definition) is 1. The van der Waals surface area contributed by atoms with E-state index in [4.69, 9.17) is 11.6 Å². The number of aromatic nitrogens is 3. The molecule has 2 aromatic heterocycles. The largest absolute Gasteiger partial charge is 0.323 e. The van der Waals surface area contributed by atoms with Crippen molar-refractivity contribution in [2.24, 2.45) is 7.05 Å². The monoisotopic (exact) mass is 523 g/mol. The molecule has 0 radical (unpaired) electrons. The molecule has 4 aromatic rings. The van der Waals surface area contributed by atoms with Crippen LogP contribution in [-0.4, -0.2) is 37.5 Å². The Morgan fingerprint density at radius 2 is 1.97 bits per heavy atom. The van der Waals surface area contributed by atoms with Gasteiger partial charge < -0.3 is 10.2 Å². The number of nitrogens with one attached hydrogen (secondary N) is 1. The number of nitrogens with zero attached hydrogens (tertiary/aromatic N) is 4. The Morgan fingerprint density at radius 3 is 2.76 bits per heavy atom. The highest BCUT2D eigenvalue weighted by Crippen LogP contribution is 2.30. The summed E-state index contributed by atoms with van der Waals surface area (Å²) in [5, 5.41) is 8.71. The Kier molecular flexibility index (Phi) is 5.64. The zero-order valence-electron chi connectivity index (χ0n) is 17.6. The van der Waals surface area contributed by atoms with Gasteiger partial charge in [-0.1, -0.05) is 23.7 Å². The molecule has 5 rings (SSSR count). The predicted octanol–water partition coefficient (Wildman–Crippen LogP) is 4.59. The summed E-state index contributed by atoms with van der Waals surface area (Å²) in [6.07, 6.45) is 1.97. The molecule has 3 heterocycles. The Bertz CT molecular complexity index is 1390. The zero-order chi connectivity index (χ0) is 23.1. The van der Waals surface area contributed by atoms with Crippen LogP contribution in [0, 0.1) is 0 Å². The Hall–Kier alpha value is -3.23. The average Bonchev–Trinajstić information content (AvgIpc) is 3.04. The number of halogens is 2. The fourth-order valence-electron chi connectivity index (χ4n) is 4.12. The molecule has 1 unspecified atom stereocenters. The van der Waals surface area contributed by atoms with Gasteiger partial charge in [-0.25, -0.2) is 0 Å². The third-order valence-corrected chi connectivity index (χ3v) is 6.58. The van der Waals surface area contributed by atoms with Gasteiger partial charge in [0, 0.05) is 42.3 Å². The van der Waals surface area contributed by atoms with Gasteiger partial charge in [0.2, 0.25) is 5.91 Å². The van der Waals surface area contributed by atoms with Gasteiger partial charge in [0.25, 0.3) is 5.91 Å². The van der Waals surface area contributed by atoms with E-state index in [0.717, 1.165) is 26.8 Å². The van der Waals surface area contributed by atoms with Gasteiger partial charge in [0.15, 0.2) is 0 Å². The number of fused-ring (bicyclic) bond motifs is 2. The molecule has 0 aliphatic carbocycles. The minimum Gasteiger partial charge on any atom is -0.323 e. The molecule has 7 nitrogen and oxygen atoms in total. The Balaban J connectivity index is 1.57. The molecule has 0 fully saturated rings. The first-order valence-corrected chi connectivity index (χ1v) is 11.5. The van der Waals surface area contributed by atoms with Crippen LogP contribution < -0.4 is 5.32 Å². The molecule has 1 N–H and O–H groups in total. The molecule has 0 saturated heterocycles. The van der Waals surface area contributed by atoms with Crippen LogP contribution in [0.1, 0.15) is 21.6 Å².